The Balaban J connectivity index is 1.76. The average Bonchev–Trinajstić information content (AvgIpc) is 2.87. The second kappa shape index (κ2) is 5.69. The topological polar surface area (TPSA) is 52.7 Å². The Bertz CT molecular complexity index is 837. The van der Waals surface area contributed by atoms with Crippen LogP contribution in [0.1, 0.15) is 12.0 Å². The normalized spacial score (nSPS) is 11.1. The van der Waals surface area contributed by atoms with Crippen LogP contribution in [0.5, 0.6) is 0 Å². The fraction of sp³-hybridized carbons (Fsp3) is 0.267. The third kappa shape index (κ3) is 2.97. The molecule has 3 rings (SSSR count). The summed E-state index contributed by atoms with van der Waals surface area (Å²) in [6.07, 6.45) is 7.18. The van der Waals surface area contributed by atoms with E-state index in [2.05, 4.69) is 10.1 Å². The standard InChI is InChI=1S/C15H15ClN4O/c1-19-9-11(8-18-19)3-2-6-20-10-17-14-7-12(16)4-5-13(14)15(20)21/h4-5,7-10H,2-3,6H2,1H3. The molecule has 0 bridgehead atoms. The molecular formula is C15H15ClN4O. The minimum atomic E-state index is -0.0251. The van der Waals surface area contributed by atoms with Crippen molar-refractivity contribution in [1.29, 1.82) is 0 Å². The lowest BCUT2D eigenvalue weighted by Gasteiger charge is -2.06. The Morgan fingerprint density at radius 3 is 2.95 bits per heavy atom. The maximum Gasteiger partial charge on any atom is 0.261 e. The van der Waals surface area contributed by atoms with Crippen molar-refractivity contribution >= 4 is 22.5 Å². The van der Waals surface area contributed by atoms with Crippen LogP contribution in [0.4, 0.5) is 0 Å². The van der Waals surface area contributed by atoms with E-state index in [0.29, 0.717) is 22.5 Å². The first kappa shape index (κ1) is 13.8. The maximum absolute atomic E-state index is 12.3. The van der Waals surface area contributed by atoms with E-state index in [9.17, 15) is 4.79 Å². The van der Waals surface area contributed by atoms with Crippen molar-refractivity contribution in [2.45, 2.75) is 19.4 Å². The minimum absolute atomic E-state index is 0.0251. The van der Waals surface area contributed by atoms with E-state index in [4.69, 9.17) is 11.6 Å². The third-order valence-corrected chi connectivity index (χ3v) is 3.65. The first-order valence-corrected chi connectivity index (χ1v) is 7.13. The van der Waals surface area contributed by atoms with Gasteiger partial charge in [-0.2, -0.15) is 5.10 Å². The Morgan fingerprint density at radius 2 is 2.19 bits per heavy atom. The number of halogens is 1. The molecule has 0 N–H and O–H groups in total. The van der Waals surface area contributed by atoms with Crippen molar-refractivity contribution in [3.05, 3.63) is 57.9 Å². The molecule has 0 spiro atoms. The SMILES string of the molecule is Cn1cc(CCCn2cnc3cc(Cl)ccc3c2=O)cn1. The summed E-state index contributed by atoms with van der Waals surface area (Å²) in [7, 11) is 1.90. The molecule has 5 nitrogen and oxygen atoms in total. The largest absolute Gasteiger partial charge is 0.299 e. The number of aryl methyl sites for hydroxylation is 3. The smallest absolute Gasteiger partial charge is 0.261 e. The number of aromatic nitrogens is 4. The molecule has 2 heterocycles. The molecular weight excluding hydrogens is 288 g/mol. The molecule has 2 aromatic heterocycles. The van der Waals surface area contributed by atoms with Crippen molar-refractivity contribution in [2.75, 3.05) is 0 Å². The molecule has 0 saturated carbocycles. The van der Waals surface area contributed by atoms with Gasteiger partial charge in [-0.3, -0.25) is 14.0 Å². The Hall–Kier alpha value is -2.14. The van der Waals surface area contributed by atoms with E-state index in [-0.39, 0.29) is 5.56 Å². The molecule has 0 radical (unpaired) electrons. The highest BCUT2D eigenvalue weighted by Gasteiger charge is 2.05. The van der Waals surface area contributed by atoms with Gasteiger partial charge in [-0.05, 0) is 36.6 Å². The summed E-state index contributed by atoms with van der Waals surface area (Å²) >= 11 is 5.91. The van der Waals surface area contributed by atoms with Gasteiger partial charge in [0.1, 0.15) is 0 Å². The van der Waals surface area contributed by atoms with Crippen LogP contribution in [0.25, 0.3) is 10.9 Å². The summed E-state index contributed by atoms with van der Waals surface area (Å²) in [4.78, 5) is 16.6. The van der Waals surface area contributed by atoms with Gasteiger partial charge >= 0.3 is 0 Å². The lowest BCUT2D eigenvalue weighted by atomic mass is 10.2. The molecule has 0 fully saturated rings. The van der Waals surface area contributed by atoms with Gasteiger partial charge in [0.05, 0.1) is 23.4 Å². The van der Waals surface area contributed by atoms with Gasteiger partial charge < -0.3 is 0 Å². The summed E-state index contributed by atoms with van der Waals surface area (Å²) in [5.41, 5.74) is 1.78. The van der Waals surface area contributed by atoms with E-state index in [1.807, 2.05) is 19.4 Å². The van der Waals surface area contributed by atoms with Crippen LogP contribution in [0.3, 0.4) is 0 Å². The zero-order chi connectivity index (χ0) is 14.8. The Labute approximate surface area is 126 Å². The summed E-state index contributed by atoms with van der Waals surface area (Å²) in [6.45, 7) is 0.638. The summed E-state index contributed by atoms with van der Waals surface area (Å²) in [5, 5.41) is 5.32. The molecule has 0 aliphatic carbocycles. The van der Waals surface area contributed by atoms with E-state index in [0.717, 1.165) is 12.8 Å². The number of hydrogen-bond donors (Lipinski definition) is 0. The third-order valence-electron chi connectivity index (χ3n) is 3.41. The van der Waals surface area contributed by atoms with Crippen molar-refractivity contribution < 1.29 is 0 Å². The van der Waals surface area contributed by atoms with Crippen LogP contribution < -0.4 is 5.56 Å². The minimum Gasteiger partial charge on any atom is -0.299 e. The number of benzene rings is 1. The van der Waals surface area contributed by atoms with Crippen molar-refractivity contribution in [1.82, 2.24) is 19.3 Å². The molecule has 21 heavy (non-hydrogen) atoms. The van der Waals surface area contributed by atoms with Gasteiger partial charge in [-0.25, -0.2) is 4.98 Å². The van der Waals surface area contributed by atoms with E-state index in [1.165, 1.54) is 5.56 Å². The highest BCUT2D eigenvalue weighted by atomic mass is 35.5. The zero-order valence-corrected chi connectivity index (χ0v) is 12.4. The second-order valence-corrected chi connectivity index (χ2v) is 5.47. The number of fused-ring (bicyclic) bond motifs is 1. The lowest BCUT2D eigenvalue weighted by Crippen LogP contribution is -2.20. The summed E-state index contributed by atoms with van der Waals surface area (Å²) < 4.78 is 3.43. The highest BCUT2D eigenvalue weighted by molar-refractivity contribution is 6.31. The first-order valence-electron chi connectivity index (χ1n) is 6.76. The second-order valence-electron chi connectivity index (χ2n) is 5.03. The van der Waals surface area contributed by atoms with Crippen LogP contribution >= 0.6 is 11.6 Å². The first-order chi connectivity index (χ1) is 10.1. The predicted molar refractivity (Wildman–Crippen MR) is 82.5 cm³/mol. The molecule has 108 valence electrons. The van der Waals surface area contributed by atoms with Gasteiger partial charge in [0, 0.05) is 24.8 Å². The quantitative estimate of drug-likeness (QED) is 0.744. The highest BCUT2D eigenvalue weighted by Crippen LogP contribution is 2.14. The van der Waals surface area contributed by atoms with Crippen molar-refractivity contribution in [3.8, 4) is 0 Å². The molecule has 0 atom stereocenters. The fourth-order valence-corrected chi connectivity index (χ4v) is 2.51. The van der Waals surface area contributed by atoms with E-state index in [1.54, 1.807) is 33.8 Å². The van der Waals surface area contributed by atoms with Crippen LogP contribution in [-0.2, 0) is 20.0 Å². The average molecular weight is 303 g/mol. The van der Waals surface area contributed by atoms with Gasteiger partial charge in [-0.1, -0.05) is 11.6 Å². The number of rotatable bonds is 4. The molecule has 0 aliphatic rings. The molecule has 0 saturated heterocycles. The molecule has 0 aliphatic heterocycles. The summed E-state index contributed by atoms with van der Waals surface area (Å²) in [5.74, 6) is 0. The number of nitrogens with zero attached hydrogens (tertiary/aromatic N) is 4. The monoisotopic (exact) mass is 302 g/mol. The maximum atomic E-state index is 12.3. The van der Waals surface area contributed by atoms with E-state index < -0.39 is 0 Å². The van der Waals surface area contributed by atoms with Crippen LogP contribution in [-0.4, -0.2) is 19.3 Å². The Morgan fingerprint density at radius 1 is 1.33 bits per heavy atom. The van der Waals surface area contributed by atoms with E-state index >= 15 is 0 Å². The zero-order valence-electron chi connectivity index (χ0n) is 11.7. The summed E-state index contributed by atoms with van der Waals surface area (Å²) in [6, 6.07) is 5.15. The van der Waals surface area contributed by atoms with Gasteiger partial charge in [0.15, 0.2) is 0 Å². The van der Waals surface area contributed by atoms with Crippen LogP contribution in [0.2, 0.25) is 5.02 Å². The molecule has 3 aromatic rings. The molecule has 1 aromatic carbocycles. The molecule has 0 unspecified atom stereocenters. The molecule has 0 amide bonds. The van der Waals surface area contributed by atoms with Crippen LogP contribution in [0, 0.1) is 0 Å². The fourth-order valence-electron chi connectivity index (χ4n) is 2.35. The van der Waals surface area contributed by atoms with Gasteiger partial charge in [0.25, 0.3) is 5.56 Å². The molecule has 6 heteroatoms. The predicted octanol–water partition coefficient (Wildman–Crippen LogP) is 2.42. The number of hydrogen-bond acceptors (Lipinski definition) is 3. The van der Waals surface area contributed by atoms with Crippen molar-refractivity contribution in [3.63, 3.8) is 0 Å². The van der Waals surface area contributed by atoms with Gasteiger partial charge in [0.2, 0.25) is 0 Å². The van der Waals surface area contributed by atoms with Crippen molar-refractivity contribution in [2.24, 2.45) is 7.05 Å². The van der Waals surface area contributed by atoms with Gasteiger partial charge in [-0.15, -0.1) is 0 Å². The Kier molecular flexibility index (Phi) is 3.75. The lowest BCUT2D eigenvalue weighted by molar-refractivity contribution is 0.617. The van der Waals surface area contributed by atoms with Crippen LogP contribution in [0.15, 0.2) is 41.7 Å².